The van der Waals surface area contributed by atoms with Gasteiger partial charge in [0.2, 0.25) is 0 Å². The molecule has 2 nitrogen and oxygen atoms in total. The molecular formula is C16H20N2S. The third-order valence-corrected chi connectivity index (χ3v) is 4.73. The molecule has 1 fully saturated rings. The summed E-state index contributed by atoms with van der Waals surface area (Å²) in [7, 11) is 0. The molecule has 0 aliphatic heterocycles. The monoisotopic (exact) mass is 272 g/mol. The van der Waals surface area contributed by atoms with Crippen LogP contribution in [-0.4, -0.2) is 11.0 Å². The number of nitrogens with one attached hydrogen (secondary N) is 1. The molecule has 1 heterocycles. The number of hydrogen-bond acceptors (Lipinski definition) is 3. The Labute approximate surface area is 118 Å². The van der Waals surface area contributed by atoms with Gasteiger partial charge in [-0.3, -0.25) is 0 Å². The van der Waals surface area contributed by atoms with Crippen LogP contribution in [0.5, 0.6) is 0 Å². The lowest BCUT2D eigenvalue weighted by Crippen LogP contribution is -2.17. The van der Waals surface area contributed by atoms with Gasteiger partial charge in [0.05, 0.1) is 0 Å². The summed E-state index contributed by atoms with van der Waals surface area (Å²) in [5.41, 5.74) is 2.92. The van der Waals surface area contributed by atoms with E-state index in [1.165, 1.54) is 30.5 Å². The zero-order valence-electron chi connectivity index (χ0n) is 11.5. The van der Waals surface area contributed by atoms with Crippen molar-refractivity contribution in [3.63, 3.8) is 0 Å². The van der Waals surface area contributed by atoms with Gasteiger partial charge in [0, 0.05) is 28.9 Å². The molecule has 1 N–H and O–H groups in total. The summed E-state index contributed by atoms with van der Waals surface area (Å²) >= 11 is 1.68. The van der Waals surface area contributed by atoms with E-state index in [2.05, 4.69) is 48.4 Å². The fraction of sp³-hybridized carbons (Fsp3) is 0.438. The Morgan fingerprint density at radius 2 is 2.05 bits per heavy atom. The fourth-order valence-corrected chi connectivity index (χ4v) is 3.51. The molecular weight excluding hydrogens is 252 g/mol. The highest BCUT2D eigenvalue weighted by Crippen LogP contribution is 2.38. The average Bonchev–Trinajstić information content (AvgIpc) is 3.00. The number of hydrogen-bond donors (Lipinski definition) is 1. The van der Waals surface area contributed by atoms with E-state index >= 15 is 0 Å². The van der Waals surface area contributed by atoms with Crippen LogP contribution in [0.15, 0.2) is 35.8 Å². The van der Waals surface area contributed by atoms with Crippen molar-refractivity contribution in [2.45, 2.75) is 39.2 Å². The molecule has 0 radical (unpaired) electrons. The predicted octanol–water partition coefficient (Wildman–Crippen LogP) is 4.80. The van der Waals surface area contributed by atoms with Gasteiger partial charge < -0.3 is 5.32 Å². The van der Waals surface area contributed by atoms with Gasteiger partial charge in [-0.15, -0.1) is 11.3 Å². The highest BCUT2D eigenvalue weighted by Gasteiger charge is 2.30. The largest absolute Gasteiger partial charge is 0.382 e. The van der Waals surface area contributed by atoms with Crippen LogP contribution in [0.4, 0.5) is 5.69 Å². The molecule has 1 aromatic heterocycles. The maximum atomic E-state index is 4.34. The fourth-order valence-electron chi connectivity index (χ4n) is 2.87. The first-order valence-corrected chi connectivity index (χ1v) is 7.77. The molecule has 0 saturated heterocycles. The standard InChI is InChI=1S/C16H20N2S/c1-16(2)8-7-14(11-16)18-13-5-3-12(4-6-13)15-17-9-10-19-15/h3-6,9-10,14,18H,7-8,11H2,1-2H3. The lowest BCUT2D eigenvalue weighted by Gasteiger charge is -2.18. The first kappa shape index (κ1) is 12.7. The summed E-state index contributed by atoms with van der Waals surface area (Å²) < 4.78 is 0. The third-order valence-electron chi connectivity index (χ3n) is 3.90. The molecule has 0 amide bonds. The first-order chi connectivity index (χ1) is 9.12. The molecule has 0 bridgehead atoms. The molecule has 1 aromatic carbocycles. The SMILES string of the molecule is CC1(C)CCC(Nc2ccc(-c3nccs3)cc2)C1. The summed E-state index contributed by atoms with van der Waals surface area (Å²) in [6, 6.07) is 9.27. The Kier molecular flexibility index (Phi) is 3.31. The maximum absolute atomic E-state index is 4.34. The summed E-state index contributed by atoms with van der Waals surface area (Å²) in [6.07, 6.45) is 5.72. The predicted molar refractivity (Wildman–Crippen MR) is 82.6 cm³/mol. The number of thiazole rings is 1. The van der Waals surface area contributed by atoms with Gasteiger partial charge in [-0.1, -0.05) is 13.8 Å². The summed E-state index contributed by atoms with van der Waals surface area (Å²) in [6.45, 7) is 4.72. The second-order valence-corrected chi connectivity index (χ2v) is 7.06. The summed E-state index contributed by atoms with van der Waals surface area (Å²) in [4.78, 5) is 4.34. The Balaban J connectivity index is 1.67. The third kappa shape index (κ3) is 2.98. The van der Waals surface area contributed by atoms with E-state index in [-0.39, 0.29) is 0 Å². The van der Waals surface area contributed by atoms with Gasteiger partial charge in [0.15, 0.2) is 0 Å². The van der Waals surface area contributed by atoms with Crippen LogP contribution in [0.25, 0.3) is 10.6 Å². The number of aromatic nitrogens is 1. The van der Waals surface area contributed by atoms with Crippen molar-refractivity contribution >= 4 is 17.0 Å². The van der Waals surface area contributed by atoms with Gasteiger partial charge in [0.1, 0.15) is 5.01 Å². The number of benzene rings is 1. The normalized spacial score (nSPS) is 21.5. The van der Waals surface area contributed by atoms with E-state index in [4.69, 9.17) is 0 Å². The van der Waals surface area contributed by atoms with Gasteiger partial charge in [0.25, 0.3) is 0 Å². The molecule has 3 heteroatoms. The molecule has 0 spiro atoms. The highest BCUT2D eigenvalue weighted by atomic mass is 32.1. The first-order valence-electron chi connectivity index (χ1n) is 6.89. The number of nitrogens with zero attached hydrogens (tertiary/aromatic N) is 1. The van der Waals surface area contributed by atoms with Crippen molar-refractivity contribution in [2.75, 3.05) is 5.32 Å². The quantitative estimate of drug-likeness (QED) is 0.868. The van der Waals surface area contributed by atoms with Crippen LogP contribution in [0.3, 0.4) is 0 Å². The minimum atomic E-state index is 0.499. The van der Waals surface area contributed by atoms with Crippen molar-refractivity contribution in [1.29, 1.82) is 0 Å². The molecule has 1 aliphatic rings. The van der Waals surface area contributed by atoms with Crippen molar-refractivity contribution in [3.8, 4) is 10.6 Å². The van der Waals surface area contributed by atoms with Crippen LogP contribution in [0.1, 0.15) is 33.1 Å². The van der Waals surface area contributed by atoms with E-state index in [0.29, 0.717) is 11.5 Å². The van der Waals surface area contributed by atoms with E-state index in [1.807, 2.05) is 11.6 Å². The number of anilines is 1. The second-order valence-electron chi connectivity index (χ2n) is 6.16. The molecule has 19 heavy (non-hydrogen) atoms. The van der Waals surface area contributed by atoms with E-state index < -0.39 is 0 Å². The van der Waals surface area contributed by atoms with Crippen molar-refractivity contribution < 1.29 is 0 Å². The Morgan fingerprint density at radius 1 is 1.26 bits per heavy atom. The summed E-state index contributed by atoms with van der Waals surface area (Å²) in [5, 5.41) is 6.76. The zero-order valence-corrected chi connectivity index (χ0v) is 12.3. The van der Waals surface area contributed by atoms with Gasteiger partial charge in [-0.25, -0.2) is 4.98 Å². The average molecular weight is 272 g/mol. The molecule has 1 saturated carbocycles. The Morgan fingerprint density at radius 3 is 2.63 bits per heavy atom. The molecule has 1 unspecified atom stereocenters. The molecule has 1 aliphatic carbocycles. The van der Waals surface area contributed by atoms with E-state index in [9.17, 15) is 0 Å². The van der Waals surface area contributed by atoms with Crippen LogP contribution in [0.2, 0.25) is 0 Å². The maximum Gasteiger partial charge on any atom is 0.123 e. The molecule has 2 aromatic rings. The second kappa shape index (κ2) is 4.97. The minimum Gasteiger partial charge on any atom is -0.382 e. The molecule has 100 valence electrons. The van der Waals surface area contributed by atoms with E-state index in [1.54, 1.807) is 11.3 Å². The van der Waals surface area contributed by atoms with Gasteiger partial charge >= 0.3 is 0 Å². The van der Waals surface area contributed by atoms with Gasteiger partial charge in [-0.2, -0.15) is 0 Å². The minimum absolute atomic E-state index is 0.499. The number of rotatable bonds is 3. The summed E-state index contributed by atoms with van der Waals surface area (Å²) in [5.74, 6) is 0. The molecule has 3 rings (SSSR count). The van der Waals surface area contributed by atoms with E-state index in [0.717, 1.165) is 5.01 Å². The smallest absolute Gasteiger partial charge is 0.123 e. The lowest BCUT2D eigenvalue weighted by molar-refractivity contribution is 0.378. The van der Waals surface area contributed by atoms with Crippen LogP contribution < -0.4 is 5.32 Å². The lowest BCUT2D eigenvalue weighted by atomic mass is 9.92. The Bertz CT molecular complexity index is 528. The highest BCUT2D eigenvalue weighted by molar-refractivity contribution is 7.13. The van der Waals surface area contributed by atoms with Gasteiger partial charge in [-0.05, 0) is 48.9 Å². The molecule has 1 atom stereocenters. The topological polar surface area (TPSA) is 24.9 Å². The zero-order chi connectivity index (χ0) is 13.3. The van der Waals surface area contributed by atoms with Crippen molar-refractivity contribution in [1.82, 2.24) is 4.98 Å². The van der Waals surface area contributed by atoms with Crippen LogP contribution in [-0.2, 0) is 0 Å². The van der Waals surface area contributed by atoms with Crippen molar-refractivity contribution in [2.24, 2.45) is 5.41 Å². The van der Waals surface area contributed by atoms with Crippen molar-refractivity contribution in [3.05, 3.63) is 35.8 Å². The van der Waals surface area contributed by atoms with Crippen LogP contribution >= 0.6 is 11.3 Å². The van der Waals surface area contributed by atoms with Crippen LogP contribution in [0, 0.1) is 5.41 Å². The Hall–Kier alpha value is -1.35.